The Morgan fingerprint density at radius 3 is 2.44 bits per heavy atom. The average molecular weight is 488 g/mol. The largest absolute Gasteiger partial charge is 0.577 e. The lowest BCUT2D eigenvalue weighted by Crippen LogP contribution is -2.54. The minimum atomic E-state index is -1.40. The van der Waals surface area contributed by atoms with Crippen LogP contribution in [0.15, 0.2) is 43.1 Å². The first-order chi connectivity index (χ1) is 16.6. The highest BCUT2D eigenvalue weighted by Gasteiger charge is 2.42. The Hall–Kier alpha value is -1.81. The van der Waals surface area contributed by atoms with Crippen molar-refractivity contribution in [3.8, 4) is 5.75 Å². The minimum absolute atomic E-state index is 0.178. The van der Waals surface area contributed by atoms with Crippen LogP contribution in [0.1, 0.15) is 45.3 Å². The molecule has 1 aromatic heterocycles. The molecule has 1 radical (unpaired) electrons. The maximum Gasteiger partial charge on any atom is 0.577 e. The van der Waals surface area contributed by atoms with Gasteiger partial charge in [-0.05, 0) is 81.8 Å². The smallest absolute Gasteiger partial charge is 0.497 e. The van der Waals surface area contributed by atoms with Crippen LogP contribution in [0.4, 0.5) is 0 Å². The molecule has 0 saturated carbocycles. The summed E-state index contributed by atoms with van der Waals surface area (Å²) in [6.07, 6.45) is 5.62. The van der Waals surface area contributed by atoms with Gasteiger partial charge < -0.3 is 23.1 Å². The van der Waals surface area contributed by atoms with Crippen LogP contribution < -0.4 is 4.74 Å². The third-order valence-corrected chi connectivity index (χ3v) is 8.18. The summed E-state index contributed by atoms with van der Waals surface area (Å²) in [5, 5.41) is 12.1. The number of aliphatic hydroxyl groups is 1. The van der Waals surface area contributed by atoms with E-state index in [1.54, 1.807) is 13.3 Å². The quantitative estimate of drug-likeness (QED) is 0.397. The molecule has 1 aromatic carbocycles. The van der Waals surface area contributed by atoms with Crippen LogP contribution in [0, 0.1) is 11.8 Å². The number of nitrogens with zero attached hydrogens (tertiary/aromatic N) is 2. The van der Waals surface area contributed by atoms with E-state index < -0.39 is 15.6 Å². The number of rotatable bonds is 10. The molecule has 34 heavy (non-hydrogen) atoms. The first kappa shape index (κ1) is 26.8. The van der Waals surface area contributed by atoms with Gasteiger partial charge in [0.2, 0.25) is 0 Å². The van der Waals surface area contributed by atoms with E-state index in [9.17, 15) is 5.11 Å². The van der Waals surface area contributed by atoms with Crippen molar-refractivity contribution in [3.63, 3.8) is 0 Å². The van der Waals surface area contributed by atoms with Crippen LogP contribution in [0.25, 0.3) is 10.9 Å². The molecule has 0 spiro atoms. The number of methoxy groups -OCH3 is 1. The lowest BCUT2D eigenvalue weighted by molar-refractivity contribution is -0.0444. The predicted octanol–water partition coefficient (Wildman–Crippen LogP) is 4.25. The van der Waals surface area contributed by atoms with Gasteiger partial charge in [-0.15, -0.1) is 6.58 Å². The average Bonchev–Trinajstić information content (AvgIpc) is 2.88. The van der Waals surface area contributed by atoms with Crippen molar-refractivity contribution in [1.82, 2.24) is 9.88 Å². The van der Waals surface area contributed by atoms with Crippen LogP contribution in [0.3, 0.4) is 0 Å². The predicted molar refractivity (Wildman–Crippen MR) is 136 cm³/mol. The van der Waals surface area contributed by atoms with E-state index in [1.165, 1.54) is 6.42 Å². The molecule has 3 fully saturated rings. The fourth-order valence-corrected chi connectivity index (χ4v) is 5.88. The Balaban J connectivity index is 0.000000277. The Labute approximate surface area is 205 Å². The van der Waals surface area contributed by atoms with Gasteiger partial charge in [0.15, 0.2) is 0 Å². The third kappa shape index (κ3) is 6.44. The summed E-state index contributed by atoms with van der Waals surface area (Å²) in [6, 6.07) is 7.96. The molecule has 2 bridgehead atoms. The summed E-state index contributed by atoms with van der Waals surface area (Å²) in [5.41, 5.74) is 1.85. The number of fused-ring (bicyclic) bond motifs is 4. The van der Waals surface area contributed by atoms with E-state index >= 15 is 0 Å². The van der Waals surface area contributed by atoms with Gasteiger partial charge in [0.25, 0.3) is 0 Å². The van der Waals surface area contributed by atoms with E-state index in [0.717, 1.165) is 41.7 Å². The van der Waals surface area contributed by atoms with Crippen molar-refractivity contribution in [2.45, 2.75) is 45.8 Å². The number of benzene rings is 1. The number of aromatic nitrogens is 1. The number of hydrogen-bond acceptors (Lipinski definition) is 7. The summed E-state index contributed by atoms with van der Waals surface area (Å²) in [7, 11) is 0.264. The van der Waals surface area contributed by atoms with Crippen molar-refractivity contribution >= 4 is 20.4 Å². The molecule has 3 saturated heterocycles. The van der Waals surface area contributed by atoms with Gasteiger partial charge in [-0.3, -0.25) is 9.88 Å². The summed E-state index contributed by atoms with van der Waals surface area (Å²) in [6.45, 7) is 13.9. The number of ether oxygens (including phenoxy) is 1. The Morgan fingerprint density at radius 2 is 1.88 bits per heavy atom. The molecule has 0 aliphatic carbocycles. The van der Waals surface area contributed by atoms with E-state index in [-0.39, 0.29) is 6.04 Å². The van der Waals surface area contributed by atoms with Gasteiger partial charge in [-0.1, -0.05) is 6.08 Å². The third-order valence-electron chi connectivity index (χ3n) is 6.61. The Morgan fingerprint density at radius 1 is 1.18 bits per heavy atom. The molecule has 3 aliphatic rings. The van der Waals surface area contributed by atoms with Crippen LogP contribution >= 0.6 is 0 Å². The van der Waals surface area contributed by atoms with Crippen molar-refractivity contribution in [2.24, 2.45) is 11.8 Å². The zero-order chi connectivity index (χ0) is 24.5. The SMILES string of the molecule is C=C[C@H]1CN2CC[C@H]1C[C@H]2[C@H](O)c1ccnc2ccc(OC)cc12.CCO[Si](OCC)OCC. The van der Waals surface area contributed by atoms with Crippen molar-refractivity contribution in [3.05, 3.63) is 48.7 Å². The number of pyridine rings is 1. The lowest BCUT2D eigenvalue weighted by atomic mass is 9.73. The van der Waals surface area contributed by atoms with Crippen molar-refractivity contribution < 1.29 is 23.1 Å². The molecule has 5 rings (SSSR count). The molecule has 4 heterocycles. The molecular weight excluding hydrogens is 448 g/mol. The van der Waals surface area contributed by atoms with E-state index in [1.807, 2.05) is 45.0 Å². The number of aliphatic hydroxyl groups excluding tert-OH is 1. The van der Waals surface area contributed by atoms with Crippen LogP contribution in [0.2, 0.25) is 0 Å². The first-order valence-corrected chi connectivity index (χ1v) is 13.5. The van der Waals surface area contributed by atoms with Crippen molar-refractivity contribution in [1.29, 1.82) is 0 Å². The summed E-state index contributed by atoms with van der Waals surface area (Å²) in [5.74, 6) is 2.01. The van der Waals surface area contributed by atoms with Crippen LogP contribution in [0.5, 0.6) is 5.75 Å². The van der Waals surface area contributed by atoms with Gasteiger partial charge in [0.1, 0.15) is 5.75 Å². The fourth-order valence-electron chi connectivity index (χ4n) is 4.92. The van der Waals surface area contributed by atoms with E-state index in [0.29, 0.717) is 31.7 Å². The number of hydrogen-bond donors (Lipinski definition) is 1. The normalized spacial score (nSPS) is 24.5. The molecule has 187 valence electrons. The monoisotopic (exact) mass is 487 g/mol. The highest BCUT2D eigenvalue weighted by molar-refractivity contribution is 6.36. The molecule has 0 amide bonds. The molecule has 5 atom stereocenters. The first-order valence-electron chi connectivity index (χ1n) is 12.3. The van der Waals surface area contributed by atoms with E-state index in [2.05, 4.69) is 22.5 Å². The van der Waals surface area contributed by atoms with Gasteiger partial charge in [0, 0.05) is 44.0 Å². The summed E-state index contributed by atoms with van der Waals surface area (Å²) in [4.78, 5) is 6.86. The topological polar surface area (TPSA) is 73.3 Å². The Bertz CT molecular complexity index is 900. The zero-order valence-electron chi connectivity index (χ0n) is 20.9. The molecule has 3 aliphatic heterocycles. The second-order valence-electron chi connectivity index (χ2n) is 8.52. The fraction of sp³-hybridized carbons (Fsp3) is 0.577. The van der Waals surface area contributed by atoms with Crippen LogP contribution in [-0.4, -0.2) is 70.6 Å². The van der Waals surface area contributed by atoms with Crippen LogP contribution in [-0.2, 0) is 13.3 Å². The Kier molecular flexibility index (Phi) is 10.5. The lowest BCUT2D eigenvalue weighted by Gasteiger charge is -2.50. The second-order valence-corrected chi connectivity index (χ2v) is 9.89. The highest BCUT2D eigenvalue weighted by atomic mass is 28.3. The maximum atomic E-state index is 11.2. The molecule has 2 aromatic rings. The van der Waals surface area contributed by atoms with Gasteiger partial charge in [0.05, 0.1) is 18.7 Å². The molecular formula is C26H39N2O5Si. The highest BCUT2D eigenvalue weighted by Crippen LogP contribution is 2.42. The minimum Gasteiger partial charge on any atom is -0.497 e. The molecule has 7 nitrogen and oxygen atoms in total. The van der Waals surface area contributed by atoms with Crippen molar-refractivity contribution in [2.75, 3.05) is 40.0 Å². The maximum absolute atomic E-state index is 11.2. The zero-order valence-corrected chi connectivity index (χ0v) is 21.9. The molecule has 1 N–H and O–H groups in total. The van der Waals surface area contributed by atoms with Gasteiger partial charge >= 0.3 is 9.53 Å². The molecule has 8 heteroatoms. The molecule has 1 unspecified atom stereocenters. The van der Waals surface area contributed by atoms with Gasteiger partial charge in [-0.2, -0.15) is 0 Å². The second kappa shape index (κ2) is 13.3. The summed E-state index contributed by atoms with van der Waals surface area (Å²) >= 11 is 0. The van der Waals surface area contributed by atoms with Gasteiger partial charge in [-0.25, -0.2) is 0 Å². The standard InChI is InChI=1S/C20H24N2O2.C6H15O3Si/c1-3-13-12-22-9-7-14(13)10-19(22)20(23)16-6-8-21-18-5-4-15(24-2)11-17(16)18;1-4-7-10(8-5-2)9-6-3/h3-6,8,11,13-14,19-20,23H,1,7,9-10,12H2,2H3;4-6H2,1-3H3/t13-,14-,19-,20+;/m0./s1. The van der Waals surface area contributed by atoms with E-state index in [4.69, 9.17) is 18.0 Å². The number of piperidine rings is 3. The summed E-state index contributed by atoms with van der Waals surface area (Å²) < 4.78 is 20.9.